The summed E-state index contributed by atoms with van der Waals surface area (Å²) in [6, 6.07) is -0.431. The molecule has 12 heavy (non-hydrogen) atoms. The van der Waals surface area contributed by atoms with E-state index in [1.807, 2.05) is 0 Å². The average Bonchev–Trinajstić information content (AvgIpc) is 2.04. The Bertz CT molecular complexity index is 167. The molecule has 1 atom stereocenters. The number of rotatable bonds is 3. The van der Waals surface area contributed by atoms with Crippen LogP contribution in [0.15, 0.2) is 12.7 Å². The van der Waals surface area contributed by atoms with Gasteiger partial charge in [-0.15, -0.1) is 0 Å². The first-order chi connectivity index (χ1) is 5.45. The van der Waals surface area contributed by atoms with Crippen LogP contribution in [-0.4, -0.2) is 35.2 Å². The Hall–Kier alpha value is -1.36. The second kappa shape index (κ2) is 7.74. The number of carboxylic acids is 2. The summed E-state index contributed by atoms with van der Waals surface area (Å²) < 4.78 is 0. The molecule has 0 aromatic rings. The minimum atomic E-state index is -0.981. The van der Waals surface area contributed by atoms with Gasteiger partial charge in [0.25, 0.3) is 0 Å². The smallest absolute Gasteiger partial charge is 0.327 e. The topological polar surface area (TPSA) is 86.6 Å². The van der Waals surface area contributed by atoms with Gasteiger partial charge in [-0.25, -0.2) is 4.79 Å². The van der Waals surface area contributed by atoms with E-state index in [1.165, 1.54) is 0 Å². The highest BCUT2D eigenvalue weighted by molar-refractivity contribution is 5.78. The second-order valence-electron chi connectivity index (χ2n) is 1.89. The minimum Gasteiger partial charge on any atom is -0.480 e. The molecule has 0 saturated heterocycles. The normalized spacial score (nSPS) is 10.5. The molecule has 5 nitrogen and oxygen atoms in total. The maximum atomic E-state index is 9.87. The molecule has 0 aromatic heterocycles. The fourth-order valence-electron chi connectivity index (χ4n) is 0.123. The maximum Gasteiger partial charge on any atom is 0.327 e. The lowest BCUT2D eigenvalue weighted by atomic mass is 10.4. The highest BCUT2D eigenvalue weighted by atomic mass is 16.4. The Morgan fingerprint density at radius 3 is 1.83 bits per heavy atom. The lowest BCUT2D eigenvalue weighted by Crippen LogP contribution is -2.29. The second-order valence-corrected chi connectivity index (χ2v) is 1.89. The van der Waals surface area contributed by atoms with Gasteiger partial charge in [0, 0.05) is 6.08 Å². The molecule has 0 aliphatic heterocycles. The Morgan fingerprint density at radius 1 is 1.50 bits per heavy atom. The van der Waals surface area contributed by atoms with Crippen LogP contribution in [0.1, 0.15) is 6.92 Å². The van der Waals surface area contributed by atoms with Crippen molar-refractivity contribution in [2.75, 3.05) is 7.05 Å². The number of carboxylic acid groups (broad SMARTS) is 2. The van der Waals surface area contributed by atoms with E-state index in [0.29, 0.717) is 0 Å². The monoisotopic (exact) mass is 175 g/mol. The largest absolute Gasteiger partial charge is 0.480 e. The Kier molecular flexibility index (Phi) is 8.55. The summed E-state index contributed by atoms with van der Waals surface area (Å²) in [4.78, 5) is 19.1. The molecule has 0 heterocycles. The van der Waals surface area contributed by atoms with Crippen LogP contribution >= 0.6 is 0 Å². The molecule has 0 amide bonds. The summed E-state index contributed by atoms with van der Waals surface area (Å²) in [5.41, 5.74) is 0. The van der Waals surface area contributed by atoms with Gasteiger partial charge in [0.05, 0.1) is 0 Å². The molecular formula is C7H13NO4. The quantitative estimate of drug-likeness (QED) is 0.523. The summed E-state index contributed by atoms with van der Waals surface area (Å²) in [5, 5.41) is 18.3. The van der Waals surface area contributed by atoms with E-state index in [0.717, 1.165) is 6.08 Å². The lowest BCUT2D eigenvalue weighted by Gasteiger charge is -1.99. The van der Waals surface area contributed by atoms with Crippen LogP contribution in [0, 0.1) is 0 Å². The molecule has 0 bridgehead atoms. The fraction of sp³-hybridized carbons (Fsp3) is 0.429. The Balaban J connectivity index is 0. The van der Waals surface area contributed by atoms with E-state index >= 15 is 0 Å². The third-order valence-corrected chi connectivity index (χ3v) is 0.978. The predicted octanol–water partition coefficient (Wildman–Crippen LogP) is -0.0641. The summed E-state index contributed by atoms with van der Waals surface area (Å²) in [7, 11) is 1.61. The summed E-state index contributed by atoms with van der Waals surface area (Å²) in [5.74, 6) is -1.80. The van der Waals surface area contributed by atoms with E-state index in [2.05, 4.69) is 11.9 Å². The van der Waals surface area contributed by atoms with Crippen LogP contribution in [0.25, 0.3) is 0 Å². The number of nitrogens with one attached hydrogen (secondary N) is 1. The van der Waals surface area contributed by atoms with Crippen LogP contribution in [-0.2, 0) is 9.59 Å². The maximum absolute atomic E-state index is 9.87. The highest BCUT2D eigenvalue weighted by Crippen LogP contribution is 1.74. The molecule has 5 heteroatoms. The molecule has 0 fully saturated rings. The molecule has 0 aromatic carbocycles. The number of likely N-dealkylation sites (N-methyl/N-ethyl adjacent to an activating group) is 1. The zero-order valence-corrected chi connectivity index (χ0v) is 7.07. The van der Waals surface area contributed by atoms with Gasteiger partial charge in [-0.3, -0.25) is 4.79 Å². The zero-order chi connectivity index (χ0) is 10.1. The van der Waals surface area contributed by atoms with Crippen molar-refractivity contribution in [3.63, 3.8) is 0 Å². The number of hydrogen-bond donors (Lipinski definition) is 3. The van der Waals surface area contributed by atoms with Gasteiger partial charge in [-0.2, -0.15) is 0 Å². The van der Waals surface area contributed by atoms with Gasteiger partial charge in [-0.05, 0) is 14.0 Å². The highest BCUT2D eigenvalue weighted by Gasteiger charge is 2.04. The summed E-state index contributed by atoms with van der Waals surface area (Å²) >= 11 is 0. The van der Waals surface area contributed by atoms with Crippen molar-refractivity contribution in [1.29, 1.82) is 0 Å². The van der Waals surface area contributed by atoms with Crippen molar-refractivity contribution in [1.82, 2.24) is 5.32 Å². The van der Waals surface area contributed by atoms with Crippen molar-refractivity contribution in [2.45, 2.75) is 13.0 Å². The van der Waals surface area contributed by atoms with E-state index < -0.39 is 18.0 Å². The number of aliphatic carboxylic acids is 2. The van der Waals surface area contributed by atoms with Crippen LogP contribution in [0.3, 0.4) is 0 Å². The molecule has 0 radical (unpaired) electrons. The minimum absolute atomic E-state index is 0.431. The van der Waals surface area contributed by atoms with Crippen molar-refractivity contribution in [3.05, 3.63) is 12.7 Å². The molecule has 0 aliphatic rings. The van der Waals surface area contributed by atoms with Crippen LogP contribution in [0.5, 0.6) is 0 Å². The van der Waals surface area contributed by atoms with Gasteiger partial charge in [0.15, 0.2) is 0 Å². The van der Waals surface area contributed by atoms with Gasteiger partial charge in [0.1, 0.15) is 6.04 Å². The van der Waals surface area contributed by atoms with E-state index in [1.54, 1.807) is 14.0 Å². The summed E-state index contributed by atoms with van der Waals surface area (Å²) in [6.07, 6.45) is 0.833. The average molecular weight is 175 g/mol. The molecule has 0 rings (SSSR count). The van der Waals surface area contributed by atoms with Crippen LogP contribution in [0.4, 0.5) is 0 Å². The Morgan fingerprint density at radius 2 is 1.83 bits per heavy atom. The first kappa shape index (κ1) is 13.2. The predicted molar refractivity (Wildman–Crippen MR) is 44.0 cm³/mol. The van der Waals surface area contributed by atoms with Gasteiger partial charge < -0.3 is 15.5 Å². The molecule has 0 aliphatic carbocycles. The van der Waals surface area contributed by atoms with Crippen LogP contribution in [0.2, 0.25) is 0 Å². The SMILES string of the molecule is C=CC(=O)O.CN[C@@H](C)C(=O)O. The van der Waals surface area contributed by atoms with Crippen molar-refractivity contribution < 1.29 is 19.8 Å². The van der Waals surface area contributed by atoms with Crippen LogP contribution < -0.4 is 5.32 Å². The number of hydrogen-bond acceptors (Lipinski definition) is 3. The molecule has 0 saturated carbocycles. The summed E-state index contributed by atoms with van der Waals surface area (Å²) in [6.45, 7) is 4.55. The van der Waals surface area contributed by atoms with Crippen molar-refractivity contribution in [2.24, 2.45) is 0 Å². The molecule has 0 spiro atoms. The molecule has 3 N–H and O–H groups in total. The fourth-order valence-corrected chi connectivity index (χ4v) is 0.123. The van der Waals surface area contributed by atoms with Gasteiger partial charge in [-0.1, -0.05) is 6.58 Å². The van der Waals surface area contributed by atoms with Gasteiger partial charge >= 0.3 is 11.9 Å². The molecule has 0 unspecified atom stereocenters. The first-order valence-corrected chi connectivity index (χ1v) is 3.21. The zero-order valence-electron chi connectivity index (χ0n) is 7.07. The molecule has 70 valence electrons. The van der Waals surface area contributed by atoms with E-state index in [9.17, 15) is 9.59 Å². The van der Waals surface area contributed by atoms with E-state index in [-0.39, 0.29) is 0 Å². The van der Waals surface area contributed by atoms with Gasteiger partial charge in [0.2, 0.25) is 0 Å². The molecular weight excluding hydrogens is 162 g/mol. The lowest BCUT2D eigenvalue weighted by molar-refractivity contribution is -0.138. The number of carbonyl (C=O) groups is 2. The first-order valence-electron chi connectivity index (χ1n) is 3.21. The third-order valence-electron chi connectivity index (χ3n) is 0.978. The Labute approximate surface area is 70.7 Å². The van der Waals surface area contributed by atoms with Crippen molar-refractivity contribution >= 4 is 11.9 Å². The standard InChI is InChI=1S/C4H9NO2.C3H4O2/c1-3(5-2)4(6)7;1-2-3(4)5/h3,5H,1-2H3,(H,6,7);2H,1H2,(H,4,5)/t3-;/m0./s1. The van der Waals surface area contributed by atoms with E-state index in [4.69, 9.17) is 10.2 Å². The van der Waals surface area contributed by atoms with Crippen molar-refractivity contribution in [3.8, 4) is 0 Å². The third kappa shape index (κ3) is 11.4.